The predicted octanol–water partition coefficient (Wildman–Crippen LogP) is 2.34. The van der Waals surface area contributed by atoms with Crippen molar-refractivity contribution >= 4 is 27.3 Å². The Morgan fingerprint density at radius 3 is 2.57 bits per heavy atom. The summed E-state index contributed by atoms with van der Waals surface area (Å²) in [5, 5.41) is 19.5. The monoisotopic (exact) mass is 331 g/mol. The van der Waals surface area contributed by atoms with Crippen molar-refractivity contribution in [1.82, 2.24) is 4.31 Å². The normalized spacial score (nSPS) is 13.0. The minimum atomic E-state index is -3.93. The maximum atomic E-state index is 12.4. The maximum Gasteiger partial charge on any atom is 0.289 e. The van der Waals surface area contributed by atoms with Crippen molar-refractivity contribution in [2.45, 2.75) is 18.7 Å². The third-order valence-electron chi connectivity index (χ3n) is 2.88. The molecule has 1 aromatic rings. The van der Waals surface area contributed by atoms with Gasteiger partial charge in [0.2, 0.25) is 10.0 Å². The molecule has 1 rings (SSSR count). The molecule has 114 valence electrons. The number of halogens is 1. The van der Waals surface area contributed by atoms with Crippen molar-refractivity contribution in [2.75, 3.05) is 13.6 Å². The molecule has 7 nitrogen and oxygen atoms in total. The van der Waals surface area contributed by atoms with Gasteiger partial charge in [0, 0.05) is 19.7 Å². The number of aryl methyl sites for hydroxylation is 1. The van der Waals surface area contributed by atoms with E-state index in [1.165, 1.54) is 20.0 Å². The van der Waals surface area contributed by atoms with E-state index in [0.29, 0.717) is 5.56 Å². The van der Waals surface area contributed by atoms with Gasteiger partial charge in [-0.15, -0.1) is 0 Å². The number of benzene rings is 1. The summed E-state index contributed by atoms with van der Waals surface area (Å²) in [6.45, 7) is 3.09. The average Bonchev–Trinajstić information content (AvgIpc) is 2.37. The second kappa shape index (κ2) is 6.39. The number of nitrogens with zero attached hydrogens (tertiary/aromatic N) is 3. The van der Waals surface area contributed by atoms with Gasteiger partial charge in [-0.25, -0.2) is 8.42 Å². The lowest BCUT2D eigenvalue weighted by molar-refractivity contribution is -0.384. The smallest absolute Gasteiger partial charge is 0.258 e. The highest BCUT2D eigenvalue weighted by Gasteiger charge is 2.27. The van der Waals surface area contributed by atoms with Gasteiger partial charge in [0.1, 0.15) is 5.02 Å². The molecule has 1 atom stereocenters. The highest BCUT2D eigenvalue weighted by molar-refractivity contribution is 7.89. The van der Waals surface area contributed by atoms with Crippen LogP contribution in [-0.4, -0.2) is 31.2 Å². The molecule has 0 aliphatic carbocycles. The Hall–Kier alpha value is -1.69. The zero-order valence-electron chi connectivity index (χ0n) is 11.7. The number of nitro benzene ring substituents is 1. The van der Waals surface area contributed by atoms with Crippen molar-refractivity contribution in [3.8, 4) is 6.07 Å². The van der Waals surface area contributed by atoms with Crippen LogP contribution in [0.3, 0.4) is 0 Å². The van der Waals surface area contributed by atoms with Crippen molar-refractivity contribution in [2.24, 2.45) is 5.92 Å². The second-order valence-corrected chi connectivity index (χ2v) is 7.06. The molecule has 0 heterocycles. The first-order valence-electron chi connectivity index (χ1n) is 5.91. The third-order valence-corrected chi connectivity index (χ3v) is 5.15. The van der Waals surface area contributed by atoms with Gasteiger partial charge in [-0.3, -0.25) is 10.1 Å². The molecule has 21 heavy (non-hydrogen) atoms. The Morgan fingerprint density at radius 1 is 1.52 bits per heavy atom. The topological polar surface area (TPSA) is 104 Å². The van der Waals surface area contributed by atoms with E-state index in [0.717, 1.165) is 10.4 Å². The van der Waals surface area contributed by atoms with E-state index in [-0.39, 0.29) is 16.5 Å². The van der Waals surface area contributed by atoms with Crippen LogP contribution in [0.4, 0.5) is 5.69 Å². The molecule has 0 amide bonds. The minimum absolute atomic E-state index is 0.00526. The van der Waals surface area contributed by atoms with Gasteiger partial charge in [0.25, 0.3) is 5.69 Å². The Labute approximate surface area is 127 Å². The van der Waals surface area contributed by atoms with Crippen molar-refractivity contribution < 1.29 is 13.3 Å². The van der Waals surface area contributed by atoms with E-state index in [4.69, 9.17) is 16.9 Å². The van der Waals surface area contributed by atoms with Crippen molar-refractivity contribution in [3.63, 3.8) is 0 Å². The van der Waals surface area contributed by atoms with E-state index in [1.54, 1.807) is 6.92 Å². The summed E-state index contributed by atoms with van der Waals surface area (Å²) in [4.78, 5) is 9.95. The first-order chi connectivity index (χ1) is 9.61. The van der Waals surface area contributed by atoms with Gasteiger partial charge in [-0.1, -0.05) is 11.6 Å². The molecule has 0 fully saturated rings. The molecule has 0 bridgehead atoms. The zero-order chi connectivity index (χ0) is 16.4. The van der Waals surface area contributed by atoms with Crippen LogP contribution in [0, 0.1) is 34.3 Å². The predicted molar refractivity (Wildman–Crippen MR) is 77.4 cm³/mol. The van der Waals surface area contributed by atoms with E-state index < -0.39 is 26.6 Å². The number of rotatable bonds is 5. The van der Waals surface area contributed by atoms with Crippen LogP contribution in [-0.2, 0) is 10.0 Å². The molecular formula is C12H14ClN3O4S. The van der Waals surface area contributed by atoms with Gasteiger partial charge in [0.15, 0.2) is 0 Å². The molecule has 0 saturated carbocycles. The molecule has 0 spiro atoms. The highest BCUT2D eigenvalue weighted by atomic mass is 35.5. The van der Waals surface area contributed by atoms with Crippen LogP contribution in [0.15, 0.2) is 17.0 Å². The van der Waals surface area contributed by atoms with E-state index >= 15 is 0 Å². The van der Waals surface area contributed by atoms with Crippen LogP contribution in [0.5, 0.6) is 0 Å². The summed E-state index contributed by atoms with van der Waals surface area (Å²) in [5.74, 6) is -0.493. The molecule has 1 aromatic carbocycles. The number of nitriles is 1. The van der Waals surface area contributed by atoms with Crippen LogP contribution < -0.4 is 0 Å². The summed E-state index contributed by atoms with van der Waals surface area (Å²) < 4.78 is 25.9. The van der Waals surface area contributed by atoms with Crippen LogP contribution in [0.2, 0.25) is 5.02 Å². The van der Waals surface area contributed by atoms with Gasteiger partial charge in [-0.05, 0) is 25.5 Å². The number of hydrogen-bond donors (Lipinski definition) is 0. The van der Waals surface area contributed by atoms with Gasteiger partial charge in [0.05, 0.1) is 21.8 Å². The SMILES string of the molecule is Cc1cc(Cl)c([N+](=O)[O-])cc1S(=O)(=O)N(C)CC(C)C#N. The molecular weight excluding hydrogens is 318 g/mol. The Kier molecular flexibility index (Phi) is 5.28. The second-order valence-electron chi connectivity index (χ2n) is 4.64. The quantitative estimate of drug-likeness (QED) is 0.608. The first kappa shape index (κ1) is 17.4. The summed E-state index contributed by atoms with van der Waals surface area (Å²) in [6.07, 6.45) is 0. The molecule has 0 radical (unpaired) electrons. The lowest BCUT2D eigenvalue weighted by atomic mass is 10.2. The fourth-order valence-electron chi connectivity index (χ4n) is 1.75. The number of nitro groups is 1. The van der Waals surface area contributed by atoms with Gasteiger partial charge >= 0.3 is 0 Å². The minimum Gasteiger partial charge on any atom is -0.258 e. The number of hydrogen-bond acceptors (Lipinski definition) is 5. The zero-order valence-corrected chi connectivity index (χ0v) is 13.3. The van der Waals surface area contributed by atoms with Crippen LogP contribution >= 0.6 is 11.6 Å². The van der Waals surface area contributed by atoms with E-state index in [1.807, 2.05) is 6.07 Å². The van der Waals surface area contributed by atoms with Gasteiger partial charge in [-0.2, -0.15) is 9.57 Å². The lowest BCUT2D eigenvalue weighted by Gasteiger charge is -2.19. The van der Waals surface area contributed by atoms with Crippen molar-refractivity contribution in [1.29, 1.82) is 5.26 Å². The molecule has 0 saturated heterocycles. The standard InChI is InChI=1S/C12H14ClN3O4S/c1-8(6-14)7-15(3)21(19,20)12-5-11(16(17)18)10(13)4-9(12)2/h4-5,8H,7H2,1-3H3. The Morgan fingerprint density at radius 2 is 2.10 bits per heavy atom. The van der Waals surface area contributed by atoms with Crippen molar-refractivity contribution in [3.05, 3.63) is 32.8 Å². The van der Waals surface area contributed by atoms with E-state index in [2.05, 4.69) is 0 Å². The summed E-state index contributed by atoms with van der Waals surface area (Å²) in [6, 6.07) is 4.13. The molecule has 9 heteroatoms. The van der Waals surface area contributed by atoms with Gasteiger partial charge < -0.3 is 0 Å². The van der Waals surface area contributed by atoms with Crippen LogP contribution in [0.1, 0.15) is 12.5 Å². The average molecular weight is 332 g/mol. The Bertz CT molecular complexity index is 712. The van der Waals surface area contributed by atoms with E-state index in [9.17, 15) is 18.5 Å². The van der Waals surface area contributed by atoms with Crippen LogP contribution in [0.25, 0.3) is 0 Å². The largest absolute Gasteiger partial charge is 0.289 e. The third kappa shape index (κ3) is 3.69. The summed E-state index contributed by atoms with van der Waals surface area (Å²) in [7, 11) is -2.61. The molecule has 0 N–H and O–H groups in total. The summed E-state index contributed by atoms with van der Waals surface area (Å²) in [5.41, 5.74) is -0.162. The molecule has 0 aliphatic rings. The fourth-order valence-corrected chi connectivity index (χ4v) is 3.52. The molecule has 0 aromatic heterocycles. The molecule has 1 unspecified atom stereocenters. The first-order valence-corrected chi connectivity index (χ1v) is 7.73. The maximum absolute atomic E-state index is 12.4. The Balaban J connectivity index is 3.35. The number of sulfonamides is 1. The molecule has 0 aliphatic heterocycles. The lowest BCUT2D eigenvalue weighted by Crippen LogP contribution is -2.31. The highest BCUT2D eigenvalue weighted by Crippen LogP contribution is 2.31. The fraction of sp³-hybridized carbons (Fsp3) is 0.417. The summed E-state index contributed by atoms with van der Waals surface area (Å²) >= 11 is 5.74.